The molecule has 6 nitrogen and oxygen atoms in total. The van der Waals surface area contributed by atoms with E-state index in [0.29, 0.717) is 17.9 Å². The summed E-state index contributed by atoms with van der Waals surface area (Å²) in [6.45, 7) is 5.93. The normalized spacial score (nSPS) is 10.9. The largest absolute Gasteiger partial charge is 0.494 e. The lowest BCUT2D eigenvalue weighted by molar-refractivity contribution is -0.145. The summed E-state index contributed by atoms with van der Waals surface area (Å²) < 4.78 is 15.0. The number of hydrogen-bond donors (Lipinski definition) is 0. The van der Waals surface area contributed by atoms with E-state index in [1.807, 2.05) is 6.92 Å². The Morgan fingerprint density at radius 1 is 1.00 bits per heavy atom. The fourth-order valence-electron chi connectivity index (χ4n) is 1.93. The van der Waals surface area contributed by atoms with Crippen LogP contribution in [0.2, 0.25) is 0 Å². The van der Waals surface area contributed by atoms with Gasteiger partial charge in [-0.2, -0.15) is 0 Å². The van der Waals surface area contributed by atoms with Gasteiger partial charge in [0.2, 0.25) is 0 Å². The van der Waals surface area contributed by atoms with Gasteiger partial charge in [-0.3, -0.25) is 9.59 Å². The van der Waals surface area contributed by atoms with Crippen LogP contribution in [0.4, 0.5) is 0 Å². The van der Waals surface area contributed by atoms with Crippen LogP contribution >= 0.6 is 0 Å². The molecule has 0 N–H and O–H groups in total. The van der Waals surface area contributed by atoms with Gasteiger partial charge < -0.3 is 14.2 Å². The number of Topliss-reactive ketones (excluding diaryl/α,β-unsaturated/α-hetero) is 1. The lowest BCUT2D eigenvalue weighted by Crippen LogP contribution is -2.19. The lowest BCUT2D eigenvalue weighted by Gasteiger charge is -2.08. The minimum Gasteiger partial charge on any atom is -0.494 e. The minimum absolute atomic E-state index is 0.127. The summed E-state index contributed by atoms with van der Waals surface area (Å²) in [5.41, 5.74) is 0.403. The summed E-state index contributed by atoms with van der Waals surface area (Å²) in [4.78, 5) is 35.8. The average molecular weight is 334 g/mol. The Kier molecular flexibility index (Phi) is 8.25. The Morgan fingerprint density at radius 2 is 1.71 bits per heavy atom. The Bertz CT molecular complexity index is 618. The molecule has 0 amide bonds. The second kappa shape index (κ2) is 10.2. The van der Waals surface area contributed by atoms with E-state index in [-0.39, 0.29) is 18.8 Å². The van der Waals surface area contributed by atoms with Gasteiger partial charge in [-0.1, -0.05) is 12.1 Å². The van der Waals surface area contributed by atoms with Gasteiger partial charge >= 0.3 is 11.9 Å². The van der Waals surface area contributed by atoms with Gasteiger partial charge in [0, 0.05) is 0 Å². The van der Waals surface area contributed by atoms with E-state index in [1.54, 1.807) is 38.1 Å². The average Bonchev–Trinajstić information content (AvgIpc) is 2.53. The van der Waals surface area contributed by atoms with E-state index in [4.69, 9.17) is 14.2 Å². The second-order valence-corrected chi connectivity index (χ2v) is 4.69. The Morgan fingerprint density at radius 3 is 2.33 bits per heavy atom. The molecule has 0 heterocycles. The van der Waals surface area contributed by atoms with Crippen molar-refractivity contribution in [1.29, 1.82) is 0 Å². The zero-order valence-electron chi connectivity index (χ0n) is 14.2. The zero-order valence-corrected chi connectivity index (χ0v) is 14.2. The van der Waals surface area contributed by atoms with Crippen LogP contribution in [0, 0.1) is 0 Å². The summed E-state index contributed by atoms with van der Waals surface area (Å²) >= 11 is 0. The van der Waals surface area contributed by atoms with Crippen LogP contribution in [-0.2, 0) is 23.9 Å². The van der Waals surface area contributed by atoms with Gasteiger partial charge in [0.05, 0.1) is 19.8 Å². The maximum Gasteiger partial charge on any atom is 0.341 e. The molecular formula is C18H22O6. The van der Waals surface area contributed by atoms with Crippen molar-refractivity contribution in [2.24, 2.45) is 0 Å². The van der Waals surface area contributed by atoms with E-state index < -0.39 is 24.1 Å². The third-order valence-corrected chi connectivity index (χ3v) is 2.89. The molecule has 0 aliphatic rings. The lowest BCUT2D eigenvalue weighted by atomic mass is 10.0. The minimum atomic E-state index is -0.770. The molecule has 0 saturated heterocycles. The first-order valence-corrected chi connectivity index (χ1v) is 7.82. The van der Waals surface area contributed by atoms with Crippen molar-refractivity contribution in [3.63, 3.8) is 0 Å². The smallest absolute Gasteiger partial charge is 0.341 e. The molecule has 1 rings (SSSR count). The monoisotopic (exact) mass is 334 g/mol. The van der Waals surface area contributed by atoms with Gasteiger partial charge in [0.15, 0.2) is 5.78 Å². The molecule has 24 heavy (non-hydrogen) atoms. The number of esters is 2. The van der Waals surface area contributed by atoms with Crippen LogP contribution in [-0.4, -0.2) is 37.5 Å². The second-order valence-electron chi connectivity index (χ2n) is 4.69. The number of ether oxygens (including phenoxy) is 3. The fourth-order valence-corrected chi connectivity index (χ4v) is 1.93. The van der Waals surface area contributed by atoms with Gasteiger partial charge in [-0.05, 0) is 44.5 Å². The van der Waals surface area contributed by atoms with Crippen molar-refractivity contribution in [1.82, 2.24) is 0 Å². The van der Waals surface area contributed by atoms with Crippen molar-refractivity contribution in [3.8, 4) is 5.75 Å². The van der Waals surface area contributed by atoms with E-state index in [0.717, 1.165) is 0 Å². The number of carbonyl (C=O) groups excluding carboxylic acids is 3. The Balaban J connectivity index is 3.08. The first-order valence-electron chi connectivity index (χ1n) is 7.82. The molecule has 0 aliphatic carbocycles. The SMILES string of the molecule is CCOC(=O)CC(=O)C(=Cc1cccc(OCC)c1)C(=O)OCC. The highest BCUT2D eigenvalue weighted by atomic mass is 16.5. The van der Waals surface area contributed by atoms with Crippen molar-refractivity contribution >= 4 is 23.8 Å². The molecule has 0 unspecified atom stereocenters. The Hall–Kier alpha value is -2.63. The molecule has 0 fully saturated rings. The van der Waals surface area contributed by atoms with Crippen LogP contribution in [0.5, 0.6) is 5.75 Å². The van der Waals surface area contributed by atoms with Gasteiger partial charge in [0.25, 0.3) is 0 Å². The number of ketones is 1. The summed E-state index contributed by atoms with van der Waals surface area (Å²) in [6, 6.07) is 6.93. The summed E-state index contributed by atoms with van der Waals surface area (Å²) in [6.07, 6.45) is 0.881. The molecule has 1 aromatic carbocycles. The molecule has 6 heteroatoms. The molecule has 0 saturated carbocycles. The number of hydrogen-bond acceptors (Lipinski definition) is 6. The highest BCUT2D eigenvalue weighted by molar-refractivity contribution is 6.23. The molecular weight excluding hydrogens is 312 g/mol. The predicted octanol–water partition coefficient (Wildman–Crippen LogP) is 2.55. The summed E-state index contributed by atoms with van der Waals surface area (Å²) in [5.74, 6) is -1.48. The maximum atomic E-state index is 12.3. The van der Waals surface area contributed by atoms with Gasteiger partial charge in [0.1, 0.15) is 17.7 Å². The van der Waals surface area contributed by atoms with Crippen LogP contribution in [0.25, 0.3) is 6.08 Å². The van der Waals surface area contributed by atoms with E-state index in [1.165, 1.54) is 6.08 Å². The summed E-state index contributed by atoms with van der Waals surface area (Å²) in [5, 5.41) is 0. The first-order chi connectivity index (χ1) is 11.5. The quantitative estimate of drug-likeness (QED) is 0.299. The summed E-state index contributed by atoms with van der Waals surface area (Å²) in [7, 11) is 0. The van der Waals surface area contributed by atoms with Crippen LogP contribution in [0.1, 0.15) is 32.8 Å². The van der Waals surface area contributed by atoms with Crippen LogP contribution < -0.4 is 4.74 Å². The Labute approximate surface area is 141 Å². The van der Waals surface area contributed by atoms with Crippen LogP contribution in [0.15, 0.2) is 29.8 Å². The number of carbonyl (C=O) groups is 3. The molecule has 0 bridgehead atoms. The molecule has 1 aromatic rings. The van der Waals surface area contributed by atoms with Crippen molar-refractivity contribution in [2.75, 3.05) is 19.8 Å². The number of rotatable bonds is 9. The third kappa shape index (κ3) is 6.24. The topological polar surface area (TPSA) is 78.9 Å². The zero-order chi connectivity index (χ0) is 17.9. The molecule has 0 spiro atoms. The van der Waals surface area contributed by atoms with Gasteiger partial charge in [-0.15, -0.1) is 0 Å². The molecule has 0 atom stereocenters. The van der Waals surface area contributed by atoms with Gasteiger partial charge in [-0.25, -0.2) is 4.79 Å². The van der Waals surface area contributed by atoms with E-state index in [9.17, 15) is 14.4 Å². The van der Waals surface area contributed by atoms with Crippen molar-refractivity contribution in [2.45, 2.75) is 27.2 Å². The molecule has 0 aliphatic heterocycles. The fraction of sp³-hybridized carbons (Fsp3) is 0.389. The molecule has 130 valence electrons. The van der Waals surface area contributed by atoms with E-state index >= 15 is 0 Å². The standard InChI is InChI=1S/C18H22O6/c1-4-22-14-9-7-8-13(10-14)11-15(18(21)24-6-3)16(19)12-17(20)23-5-2/h7-11H,4-6,12H2,1-3H3. The third-order valence-electron chi connectivity index (χ3n) is 2.89. The predicted molar refractivity (Wildman–Crippen MR) is 88.5 cm³/mol. The number of benzene rings is 1. The van der Waals surface area contributed by atoms with Crippen molar-refractivity contribution in [3.05, 3.63) is 35.4 Å². The van der Waals surface area contributed by atoms with E-state index in [2.05, 4.69) is 0 Å². The highest BCUT2D eigenvalue weighted by Gasteiger charge is 2.22. The van der Waals surface area contributed by atoms with Crippen molar-refractivity contribution < 1.29 is 28.6 Å². The highest BCUT2D eigenvalue weighted by Crippen LogP contribution is 2.17. The molecule has 0 aromatic heterocycles. The molecule has 0 radical (unpaired) electrons. The first kappa shape index (κ1) is 19.4. The van der Waals surface area contributed by atoms with Crippen LogP contribution in [0.3, 0.4) is 0 Å². The maximum absolute atomic E-state index is 12.3.